The van der Waals surface area contributed by atoms with E-state index in [0.717, 1.165) is 17.7 Å². The predicted molar refractivity (Wildman–Crippen MR) is 156 cm³/mol. The Labute approximate surface area is 254 Å². The third kappa shape index (κ3) is 8.57. The molecule has 2 amide bonds. The van der Waals surface area contributed by atoms with Gasteiger partial charge in [0, 0.05) is 44.5 Å². The topological polar surface area (TPSA) is 107 Å². The molecule has 0 fully saturated rings. The first kappa shape index (κ1) is 34.8. The third-order valence-electron chi connectivity index (χ3n) is 6.62. The Morgan fingerprint density at radius 2 is 1.71 bits per heavy atom. The van der Waals surface area contributed by atoms with Crippen LogP contribution in [0.15, 0.2) is 47.0 Å². The zero-order valence-electron chi connectivity index (χ0n) is 23.4. The zero-order chi connectivity index (χ0) is 28.9. The van der Waals surface area contributed by atoms with Crippen molar-refractivity contribution >= 4 is 42.3 Å². The summed E-state index contributed by atoms with van der Waals surface area (Å²) in [4.78, 5) is 31.4. The van der Waals surface area contributed by atoms with E-state index in [4.69, 9.17) is 0 Å². The van der Waals surface area contributed by atoms with E-state index in [0.29, 0.717) is 37.4 Å². The van der Waals surface area contributed by atoms with Crippen LogP contribution >= 0.6 is 24.8 Å². The molecule has 1 aliphatic rings. The van der Waals surface area contributed by atoms with Crippen molar-refractivity contribution in [1.29, 1.82) is 0 Å². The van der Waals surface area contributed by atoms with E-state index in [1.54, 1.807) is 42.1 Å². The third-order valence-corrected chi connectivity index (χ3v) is 6.62. The largest absolute Gasteiger partial charge is 0.471 e. The van der Waals surface area contributed by atoms with Crippen molar-refractivity contribution in [3.63, 3.8) is 0 Å². The summed E-state index contributed by atoms with van der Waals surface area (Å²) < 4.78 is 43.4. The summed E-state index contributed by atoms with van der Waals surface area (Å²) in [6.45, 7) is 6.38. The highest BCUT2D eigenvalue weighted by Crippen LogP contribution is 2.31. The second-order valence-corrected chi connectivity index (χ2v) is 9.49. The van der Waals surface area contributed by atoms with Crippen LogP contribution in [0.25, 0.3) is 11.4 Å². The van der Waals surface area contributed by atoms with Crippen LogP contribution in [0.4, 0.5) is 18.9 Å². The van der Waals surface area contributed by atoms with Gasteiger partial charge in [0.05, 0.1) is 13.1 Å². The number of carbonyl (C=O) groups excluding carboxylic acids is 2. The summed E-state index contributed by atoms with van der Waals surface area (Å²) >= 11 is 0. The minimum absolute atomic E-state index is 0. The molecule has 2 aromatic carbocycles. The fraction of sp³-hybridized carbons (Fsp3) is 0.407. The molecule has 0 radical (unpaired) electrons. The molecule has 0 bridgehead atoms. The quantitative estimate of drug-likeness (QED) is 0.308. The molecule has 1 aromatic heterocycles. The van der Waals surface area contributed by atoms with Crippen LogP contribution in [0.3, 0.4) is 0 Å². The molecular formula is C27H34Cl2F3N7O3. The molecule has 0 unspecified atom stereocenters. The highest BCUT2D eigenvalue weighted by atomic mass is 35.5. The number of fused-ring (bicyclic) bond motifs is 1. The lowest BCUT2D eigenvalue weighted by molar-refractivity contribution is -0.159. The van der Waals surface area contributed by atoms with Gasteiger partial charge in [-0.1, -0.05) is 48.5 Å². The first-order valence-electron chi connectivity index (χ1n) is 12.9. The van der Waals surface area contributed by atoms with Gasteiger partial charge < -0.3 is 20.1 Å². The molecule has 42 heavy (non-hydrogen) atoms. The van der Waals surface area contributed by atoms with Gasteiger partial charge in [-0.25, -0.2) is 5.01 Å². The summed E-state index contributed by atoms with van der Waals surface area (Å²) in [5.74, 6) is -2.26. The number of amides is 2. The van der Waals surface area contributed by atoms with Gasteiger partial charge in [-0.05, 0) is 36.2 Å². The van der Waals surface area contributed by atoms with Gasteiger partial charge in [-0.15, -0.1) is 24.8 Å². The fourth-order valence-electron chi connectivity index (χ4n) is 4.42. The van der Waals surface area contributed by atoms with Gasteiger partial charge in [-0.3, -0.25) is 14.6 Å². The van der Waals surface area contributed by atoms with Gasteiger partial charge in [0.1, 0.15) is 0 Å². The Balaban J connectivity index is 0.00000308. The average molecular weight is 633 g/mol. The molecule has 0 saturated carbocycles. The summed E-state index contributed by atoms with van der Waals surface area (Å²) in [6.07, 6.45) is -4.78. The average Bonchev–Trinajstić information content (AvgIpc) is 3.58. The number of anilines is 1. The van der Waals surface area contributed by atoms with E-state index in [-0.39, 0.29) is 61.1 Å². The van der Waals surface area contributed by atoms with Crippen molar-refractivity contribution in [3.8, 4) is 11.4 Å². The Morgan fingerprint density at radius 1 is 1.05 bits per heavy atom. The SMILES string of the molecule is CCNCCNC(=O)CN(CC(=O)N(C)N1Cc2ccccc2C1)c1cc(-c2noc(C(F)(F)F)n2)ccc1C.Cl.Cl. The highest BCUT2D eigenvalue weighted by molar-refractivity contribution is 5.87. The van der Waals surface area contributed by atoms with Crippen LogP contribution in [0.1, 0.15) is 29.5 Å². The van der Waals surface area contributed by atoms with Crippen LogP contribution in [0.5, 0.6) is 0 Å². The van der Waals surface area contributed by atoms with Crippen molar-refractivity contribution in [3.05, 3.63) is 65.0 Å². The maximum absolute atomic E-state index is 13.5. The number of benzene rings is 2. The lowest BCUT2D eigenvalue weighted by Gasteiger charge is -2.32. The van der Waals surface area contributed by atoms with Gasteiger partial charge in [0.2, 0.25) is 11.7 Å². The van der Waals surface area contributed by atoms with Crippen LogP contribution in [-0.4, -0.2) is 71.7 Å². The normalized spacial score (nSPS) is 12.6. The molecule has 0 saturated heterocycles. The van der Waals surface area contributed by atoms with Crippen LogP contribution in [0.2, 0.25) is 0 Å². The maximum atomic E-state index is 13.5. The smallest absolute Gasteiger partial charge is 0.353 e. The van der Waals surface area contributed by atoms with Crippen molar-refractivity contribution in [2.24, 2.45) is 0 Å². The van der Waals surface area contributed by atoms with Gasteiger partial charge in [0.15, 0.2) is 0 Å². The number of carbonyl (C=O) groups is 2. The predicted octanol–water partition coefficient (Wildman–Crippen LogP) is 3.83. The number of aryl methyl sites for hydroxylation is 1. The molecule has 230 valence electrons. The first-order valence-corrected chi connectivity index (χ1v) is 12.9. The number of aromatic nitrogens is 2. The van der Waals surface area contributed by atoms with Crippen molar-refractivity contribution < 1.29 is 27.3 Å². The number of hydrogen-bond donors (Lipinski definition) is 2. The molecular weight excluding hydrogens is 598 g/mol. The summed E-state index contributed by atoms with van der Waals surface area (Å²) in [7, 11) is 1.68. The minimum atomic E-state index is -4.78. The molecule has 2 heterocycles. The zero-order valence-corrected chi connectivity index (χ0v) is 25.0. The monoisotopic (exact) mass is 631 g/mol. The number of hydrazine groups is 1. The Hall–Kier alpha value is -3.39. The summed E-state index contributed by atoms with van der Waals surface area (Å²) in [5.41, 5.74) is 3.74. The van der Waals surface area contributed by atoms with Crippen molar-refractivity contribution in [2.45, 2.75) is 33.1 Å². The molecule has 10 nitrogen and oxygen atoms in total. The lowest BCUT2D eigenvalue weighted by Crippen LogP contribution is -2.48. The molecule has 2 N–H and O–H groups in total. The Morgan fingerprint density at radius 3 is 2.31 bits per heavy atom. The fourth-order valence-corrected chi connectivity index (χ4v) is 4.42. The van der Waals surface area contributed by atoms with Gasteiger partial charge >= 0.3 is 12.1 Å². The molecule has 0 aliphatic carbocycles. The van der Waals surface area contributed by atoms with E-state index < -0.39 is 12.1 Å². The molecule has 1 aliphatic heterocycles. The Bertz CT molecular complexity index is 1330. The number of nitrogens with zero attached hydrogens (tertiary/aromatic N) is 5. The number of nitrogens with one attached hydrogen (secondary N) is 2. The second kappa shape index (κ2) is 15.2. The summed E-state index contributed by atoms with van der Waals surface area (Å²) in [6, 6.07) is 12.8. The van der Waals surface area contributed by atoms with Crippen molar-refractivity contribution in [2.75, 3.05) is 44.7 Å². The number of halogens is 5. The van der Waals surface area contributed by atoms with E-state index >= 15 is 0 Å². The van der Waals surface area contributed by atoms with E-state index in [9.17, 15) is 22.8 Å². The van der Waals surface area contributed by atoms with Crippen molar-refractivity contribution in [1.82, 2.24) is 30.8 Å². The Kier molecular flexibility index (Phi) is 12.6. The van der Waals surface area contributed by atoms with Gasteiger partial charge in [0.25, 0.3) is 5.91 Å². The lowest BCUT2D eigenvalue weighted by atomic mass is 10.1. The van der Waals surface area contributed by atoms with Gasteiger partial charge in [-0.2, -0.15) is 18.2 Å². The number of likely N-dealkylation sites (N-methyl/N-ethyl adjacent to an activating group) is 2. The number of hydrogen-bond acceptors (Lipinski definition) is 8. The molecule has 3 aromatic rings. The summed E-state index contributed by atoms with van der Waals surface area (Å²) in [5, 5.41) is 12.9. The molecule has 0 spiro atoms. The molecule has 15 heteroatoms. The molecule has 0 atom stereocenters. The number of alkyl halides is 3. The highest BCUT2D eigenvalue weighted by Gasteiger charge is 2.38. The van der Waals surface area contributed by atoms with Crippen LogP contribution in [0, 0.1) is 6.92 Å². The molecule has 4 rings (SSSR count). The maximum Gasteiger partial charge on any atom is 0.471 e. The number of rotatable bonds is 11. The van der Waals surface area contributed by atoms with E-state index in [1.165, 1.54) is 0 Å². The first-order chi connectivity index (χ1) is 19.1. The standard InChI is InChI=1S/C27H32F3N7O3.2ClH/c1-4-31-11-12-32-23(38)16-36(17-24(39)35(3)37-14-20-7-5-6-8-21(20)15-37)22-13-19(10-9-18(22)2)25-33-26(40-34-25)27(28,29)30;;/h5-10,13,31H,4,11-12,14-17H2,1-3H3,(H,32,38);2*1H. The minimum Gasteiger partial charge on any atom is -0.353 e. The van der Waals surface area contributed by atoms with Crippen LogP contribution in [-0.2, 0) is 28.9 Å². The van der Waals surface area contributed by atoms with E-state index in [2.05, 4.69) is 25.3 Å². The second-order valence-electron chi connectivity index (χ2n) is 9.49. The van der Waals surface area contributed by atoms with Crippen LogP contribution < -0.4 is 15.5 Å². The van der Waals surface area contributed by atoms with E-state index in [1.807, 2.05) is 36.2 Å².